The Morgan fingerprint density at radius 3 is 2.22 bits per heavy atom. The number of carbonyl (C=O) groups excluding carboxylic acids is 7. The van der Waals surface area contributed by atoms with Crippen LogP contribution in [0.3, 0.4) is 0 Å². The van der Waals surface area contributed by atoms with Crippen molar-refractivity contribution in [2.75, 3.05) is 10.6 Å². The van der Waals surface area contributed by atoms with Gasteiger partial charge in [-0.3, -0.25) is 48.8 Å². The largest absolute Gasteiger partial charge is 0.457 e. The van der Waals surface area contributed by atoms with E-state index in [9.17, 15) is 38.8 Å². The maximum Gasteiger partial charge on any atom is 0.264 e. The second-order valence-electron chi connectivity index (χ2n) is 17.1. The van der Waals surface area contributed by atoms with Crippen molar-refractivity contribution in [3.63, 3.8) is 0 Å². The number of Topliss-reactive ketones (excluding diaryl/α,β-unsaturated/α-hetero) is 2. The number of fused-ring (bicyclic) bond motifs is 2. The van der Waals surface area contributed by atoms with E-state index in [4.69, 9.17) is 4.74 Å². The number of hydrogen-bond acceptors (Lipinski definition) is 11. The zero-order valence-corrected chi connectivity index (χ0v) is 37.4. The number of aryl methyl sites for hydroxylation is 1. The highest BCUT2D eigenvalue weighted by molar-refractivity contribution is 6.26. The summed E-state index contributed by atoms with van der Waals surface area (Å²) in [4.78, 5) is 94.7. The fourth-order valence-electron chi connectivity index (χ4n) is 8.62. The lowest BCUT2D eigenvalue weighted by Crippen LogP contribution is -2.54. The van der Waals surface area contributed by atoms with E-state index in [2.05, 4.69) is 27.0 Å². The molecule has 0 aliphatic carbocycles. The maximum absolute atomic E-state index is 13.4. The van der Waals surface area contributed by atoms with Crippen LogP contribution >= 0.6 is 0 Å². The molecular formula is C54H48N6O8. The van der Waals surface area contributed by atoms with Crippen LogP contribution < -0.4 is 20.7 Å². The van der Waals surface area contributed by atoms with Crippen molar-refractivity contribution in [1.29, 1.82) is 5.26 Å². The number of unbranched alkanes of at least 4 members (excludes halogenated alkanes) is 3. The van der Waals surface area contributed by atoms with Crippen LogP contribution in [0.2, 0.25) is 0 Å². The number of nitrogens with one attached hydrogen (secondary N) is 3. The molecule has 5 amide bonds. The van der Waals surface area contributed by atoms with Crippen LogP contribution in [0.1, 0.15) is 99.9 Å². The quantitative estimate of drug-likeness (QED) is 0.0517. The van der Waals surface area contributed by atoms with Gasteiger partial charge in [-0.25, -0.2) is 0 Å². The highest BCUT2D eigenvalue weighted by Crippen LogP contribution is 2.34. The number of piperidine rings is 1. The van der Waals surface area contributed by atoms with Crippen molar-refractivity contribution in [2.24, 2.45) is 0 Å². The molecule has 1 fully saturated rings. The summed E-state index contributed by atoms with van der Waals surface area (Å²) in [6.45, 7) is 2.01. The van der Waals surface area contributed by atoms with Crippen molar-refractivity contribution in [3.8, 4) is 17.6 Å². The van der Waals surface area contributed by atoms with E-state index in [1.807, 2.05) is 97.9 Å². The van der Waals surface area contributed by atoms with Crippen molar-refractivity contribution in [3.05, 3.63) is 154 Å². The second kappa shape index (κ2) is 20.9. The van der Waals surface area contributed by atoms with Gasteiger partial charge in [0.05, 0.1) is 33.6 Å². The Hall–Kier alpha value is -8.31. The number of imide groups is 2. The Morgan fingerprint density at radius 1 is 0.765 bits per heavy atom. The first-order valence-corrected chi connectivity index (χ1v) is 22.6. The Kier molecular flexibility index (Phi) is 14.2. The number of pyridine rings is 1. The number of benzene rings is 5. The van der Waals surface area contributed by atoms with Gasteiger partial charge in [-0.1, -0.05) is 66.9 Å². The van der Waals surface area contributed by atoms with Crippen LogP contribution in [-0.4, -0.2) is 57.0 Å². The standard InChI is InChI=1S/C54H48N6O8/c1-33-9-6-10-34(25-33)27-40(62)28-35-11-7-13-42(29-35)68-41-20-18-38(19-21-41)57-51-37(31-55)32-56-45-22-17-36(30-44(45)51)26-39(61)12-4-2-3-5-16-48(63)58-46-15-8-14-43-50(46)54(67)60(53(43)66)47-23-24-49(64)59-52(47)65/h6-11,13-15,17-22,25,29-30,32,47H,2-5,12,16,23-24,26-28H2,1H3,(H,56,57)(H,58,63)(H,59,64,65). The van der Waals surface area contributed by atoms with Gasteiger partial charge in [-0.05, 0) is 104 Å². The molecule has 0 spiro atoms. The molecule has 342 valence electrons. The number of carbonyl (C=O) groups is 7. The molecule has 0 saturated carbocycles. The smallest absolute Gasteiger partial charge is 0.264 e. The summed E-state index contributed by atoms with van der Waals surface area (Å²) in [5, 5.41) is 19.0. The van der Waals surface area contributed by atoms with Crippen LogP contribution in [0.15, 0.2) is 115 Å². The van der Waals surface area contributed by atoms with Crippen LogP contribution in [0.25, 0.3) is 10.9 Å². The monoisotopic (exact) mass is 908 g/mol. The van der Waals surface area contributed by atoms with Crippen molar-refractivity contribution >= 4 is 69.1 Å². The average molecular weight is 909 g/mol. The van der Waals surface area contributed by atoms with Crippen molar-refractivity contribution in [2.45, 2.75) is 83.6 Å². The van der Waals surface area contributed by atoms with E-state index in [1.54, 1.807) is 6.07 Å². The molecular weight excluding hydrogens is 861 g/mol. The highest BCUT2D eigenvalue weighted by atomic mass is 16.5. The number of aromatic nitrogens is 1. The van der Waals surface area contributed by atoms with E-state index in [0.717, 1.165) is 33.6 Å². The summed E-state index contributed by atoms with van der Waals surface area (Å²) in [5.41, 5.74) is 6.34. The third-order valence-electron chi connectivity index (χ3n) is 11.9. The van der Waals surface area contributed by atoms with Gasteiger partial charge in [0.15, 0.2) is 0 Å². The molecule has 2 aliphatic heterocycles. The minimum absolute atomic E-state index is 0.00463. The Balaban J connectivity index is 0.801. The van der Waals surface area contributed by atoms with Gasteiger partial charge < -0.3 is 15.4 Å². The average Bonchev–Trinajstić information content (AvgIpc) is 3.57. The van der Waals surface area contributed by atoms with Gasteiger partial charge in [0.1, 0.15) is 35.2 Å². The first kappa shape index (κ1) is 46.2. The fourth-order valence-corrected chi connectivity index (χ4v) is 8.62. The molecule has 5 aromatic carbocycles. The lowest BCUT2D eigenvalue weighted by atomic mass is 10.0. The number of nitrogens with zero attached hydrogens (tertiary/aromatic N) is 3. The Labute approximate surface area is 392 Å². The molecule has 1 saturated heterocycles. The van der Waals surface area contributed by atoms with Gasteiger partial charge in [-0.15, -0.1) is 0 Å². The molecule has 0 radical (unpaired) electrons. The summed E-state index contributed by atoms with van der Waals surface area (Å²) < 4.78 is 6.14. The number of anilines is 3. The molecule has 14 heteroatoms. The van der Waals surface area contributed by atoms with Gasteiger partial charge in [0.2, 0.25) is 17.7 Å². The van der Waals surface area contributed by atoms with Crippen LogP contribution in [0.5, 0.6) is 11.5 Å². The predicted molar refractivity (Wildman–Crippen MR) is 254 cm³/mol. The van der Waals surface area contributed by atoms with Crippen LogP contribution in [0.4, 0.5) is 17.1 Å². The van der Waals surface area contributed by atoms with Crippen molar-refractivity contribution < 1.29 is 38.3 Å². The normalized spacial score (nSPS) is 14.3. The summed E-state index contributed by atoms with van der Waals surface area (Å²) in [5.74, 6) is -1.47. The molecule has 1 unspecified atom stereocenters. The molecule has 3 heterocycles. The topological polar surface area (TPSA) is 205 Å². The minimum atomic E-state index is -1.11. The van der Waals surface area contributed by atoms with Gasteiger partial charge >= 0.3 is 0 Å². The minimum Gasteiger partial charge on any atom is -0.457 e. The molecule has 14 nitrogen and oxygen atoms in total. The Morgan fingerprint density at radius 2 is 1.47 bits per heavy atom. The fraction of sp³-hybridized carbons (Fsp3) is 0.241. The summed E-state index contributed by atoms with van der Waals surface area (Å²) in [6.07, 6.45) is 5.53. The number of rotatable bonds is 19. The maximum atomic E-state index is 13.4. The van der Waals surface area contributed by atoms with Gasteiger partial charge in [-0.2, -0.15) is 5.26 Å². The molecule has 1 aromatic heterocycles. The zero-order chi connectivity index (χ0) is 47.7. The highest BCUT2D eigenvalue weighted by Gasteiger charge is 2.45. The second-order valence-corrected chi connectivity index (χ2v) is 17.1. The number of amides is 5. The van der Waals surface area contributed by atoms with Crippen molar-refractivity contribution in [1.82, 2.24) is 15.2 Å². The lowest BCUT2D eigenvalue weighted by molar-refractivity contribution is -0.136. The van der Waals surface area contributed by atoms with E-state index >= 15 is 0 Å². The SMILES string of the molecule is Cc1cccc(CC(=O)Cc2cccc(Oc3ccc(Nc4c(C#N)cnc5ccc(CC(=O)CCCCCCC(=O)Nc6cccc7c6C(=O)N(C6CCC(=O)NC6=O)C7=O)cc45)cc3)c2)c1. The molecule has 6 aromatic rings. The summed E-state index contributed by atoms with van der Waals surface area (Å²) >= 11 is 0. The number of ether oxygens (including phenoxy) is 1. The third-order valence-corrected chi connectivity index (χ3v) is 11.9. The van der Waals surface area contributed by atoms with Gasteiger partial charge in [0.25, 0.3) is 11.8 Å². The molecule has 0 bridgehead atoms. The van der Waals surface area contributed by atoms with Crippen LogP contribution in [-0.2, 0) is 43.2 Å². The third kappa shape index (κ3) is 11.0. The number of hydrogen-bond donors (Lipinski definition) is 3. The van der Waals surface area contributed by atoms with E-state index < -0.39 is 29.7 Å². The first-order chi connectivity index (χ1) is 32.9. The van der Waals surface area contributed by atoms with E-state index in [0.29, 0.717) is 77.9 Å². The Bertz CT molecular complexity index is 3030. The zero-order valence-electron chi connectivity index (χ0n) is 37.4. The molecule has 8 rings (SSSR count). The molecule has 3 N–H and O–H groups in total. The summed E-state index contributed by atoms with van der Waals surface area (Å²) in [6, 6.07) is 34.0. The lowest BCUT2D eigenvalue weighted by Gasteiger charge is -2.27. The number of ketones is 2. The molecule has 2 aliphatic rings. The molecule has 68 heavy (non-hydrogen) atoms. The number of nitriles is 1. The first-order valence-electron chi connectivity index (χ1n) is 22.6. The van der Waals surface area contributed by atoms with E-state index in [-0.39, 0.29) is 60.0 Å². The predicted octanol–water partition coefficient (Wildman–Crippen LogP) is 8.80. The van der Waals surface area contributed by atoms with E-state index in [1.165, 1.54) is 18.3 Å². The van der Waals surface area contributed by atoms with Gasteiger partial charge in [0, 0.05) is 55.8 Å². The molecule has 1 atom stereocenters. The summed E-state index contributed by atoms with van der Waals surface area (Å²) in [7, 11) is 0. The van der Waals surface area contributed by atoms with Crippen LogP contribution in [0, 0.1) is 18.3 Å².